The van der Waals surface area contributed by atoms with Gasteiger partial charge in [0, 0.05) is 19.6 Å². The van der Waals surface area contributed by atoms with Crippen molar-refractivity contribution in [2.75, 3.05) is 19.6 Å². The predicted molar refractivity (Wildman–Crippen MR) is 81.2 cm³/mol. The number of hydrogen-bond donors (Lipinski definition) is 3. The molecule has 0 saturated carbocycles. The van der Waals surface area contributed by atoms with Crippen LogP contribution in [-0.4, -0.2) is 46.9 Å². The van der Waals surface area contributed by atoms with Gasteiger partial charge in [-0.1, -0.05) is 12.1 Å². The molecule has 2 amide bonds. The van der Waals surface area contributed by atoms with Crippen LogP contribution in [0.2, 0.25) is 0 Å². The van der Waals surface area contributed by atoms with E-state index in [0.717, 1.165) is 18.4 Å². The Morgan fingerprint density at radius 1 is 1.43 bits per heavy atom. The Morgan fingerprint density at radius 3 is 2.76 bits per heavy atom. The largest absolute Gasteiger partial charge is 0.508 e. The zero-order chi connectivity index (χ0) is 15.2. The number of carbonyl (C=O) groups excluding carboxylic acids is 1. The summed E-state index contributed by atoms with van der Waals surface area (Å²) in [6, 6.07) is 7.03. The van der Waals surface area contributed by atoms with Crippen LogP contribution in [0.1, 0.15) is 25.3 Å². The molecule has 0 radical (unpaired) electrons. The number of amides is 2. The SMILES string of the molecule is CC(O)C1CCN(C(=O)NCCc2cccc(O)c2)CC1. The summed E-state index contributed by atoms with van der Waals surface area (Å²) in [5.74, 6) is 0.556. The average Bonchev–Trinajstić information content (AvgIpc) is 2.47. The van der Waals surface area contributed by atoms with Crippen LogP contribution in [0.5, 0.6) is 5.75 Å². The summed E-state index contributed by atoms with van der Waals surface area (Å²) < 4.78 is 0. The first-order valence-corrected chi connectivity index (χ1v) is 7.55. The molecular weight excluding hydrogens is 268 g/mol. The molecule has 0 aliphatic carbocycles. The van der Waals surface area contributed by atoms with E-state index in [-0.39, 0.29) is 17.9 Å². The fraction of sp³-hybridized carbons (Fsp3) is 0.562. The maximum absolute atomic E-state index is 12.0. The van der Waals surface area contributed by atoms with Crippen molar-refractivity contribution in [3.63, 3.8) is 0 Å². The number of rotatable bonds is 4. The molecule has 1 aromatic carbocycles. The number of aliphatic hydroxyl groups is 1. The molecule has 0 aromatic heterocycles. The molecule has 1 heterocycles. The summed E-state index contributed by atoms with van der Waals surface area (Å²) in [5, 5.41) is 21.8. The van der Waals surface area contributed by atoms with Crippen molar-refractivity contribution in [2.45, 2.75) is 32.3 Å². The van der Waals surface area contributed by atoms with Gasteiger partial charge in [0.15, 0.2) is 0 Å². The Morgan fingerprint density at radius 2 is 2.14 bits per heavy atom. The third-order valence-corrected chi connectivity index (χ3v) is 4.11. The molecule has 21 heavy (non-hydrogen) atoms. The Hall–Kier alpha value is -1.75. The number of hydrogen-bond acceptors (Lipinski definition) is 3. The Kier molecular flexibility index (Phi) is 5.44. The van der Waals surface area contributed by atoms with Gasteiger partial charge in [-0.25, -0.2) is 4.79 Å². The number of nitrogens with one attached hydrogen (secondary N) is 1. The van der Waals surface area contributed by atoms with Crippen molar-refractivity contribution >= 4 is 6.03 Å². The van der Waals surface area contributed by atoms with Crippen LogP contribution in [0.3, 0.4) is 0 Å². The Labute approximate surface area is 125 Å². The van der Waals surface area contributed by atoms with Gasteiger partial charge < -0.3 is 20.4 Å². The number of nitrogens with zero attached hydrogens (tertiary/aromatic N) is 1. The minimum atomic E-state index is -0.291. The lowest BCUT2D eigenvalue weighted by Crippen LogP contribution is -2.46. The van der Waals surface area contributed by atoms with E-state index in [1.807, 2.05) is 13.0 Å². The number of phenols is 1. The molecule has 116 valence electrons. The van der Waals surface area contributed by atoms with Crippen LogP contribution in [0.15, 0.2) is 24.3 Å². The van der Waals surface area contributed by atoms with Gasteiger partial charge in [0.05, 0.1) is 6.10 Å². The van der Waals surface area contributed by atoms with Crippen LogP contribution < -0.4 is 5.32 Å². The van der Waals surface area contributed by atoms with E-state index in [4.69, 9.17) is 0 Å². The maximum atomic E-state index is 12.0. The second kappa shape index (κ2) is 7.31. The van der Waals surface area contributed by atoms with E-state index in [1.54, 1.807) is 23.1 Å². The monoisotopic (exact) mass is 292 g/mol. The smallest absolute Gasteiger partial charge is 0.317 e. The fourth-order valence-electron chi connectivity index (χ4n) is 2.72. The van der Waals surface area contributed by atoms with E-state index in [1.165, 1.54) is 0 Å². The number of aromatic hydroxyl groups is 1. The molecule has 0 spiro atoms. The maximum Gasteiger partial charge on any atom is 0.317 e. The molecule has 1 saturated heterocycles. The third-order valence-electron chi connectivity index (χ3n) is 4.11. The molecule has 5 nitrogen and oxygen atoms in total. The van der Waals surface area contributed by atoms with E-state index >= 15 is 0 Å². The minimum Gasteiger partial charge on any atom is -0.508 e. The standard InChI is InChI=1S/C16H24N2O3/c1-12(19)14-6-9-18(10-7-14)16(21)17-8-5-13-3-2-4-15(20)11-13/h2-4,11-12,14,19-20H,5-10H2,1H3,(H,17,21). The van der Waals surface area contributed by atoms with Gasteiger partial charge in [-0.3, -0.25) is 0 Å². The summed E-state index contributed by atoms with van der Waals surface area (Å²) in [5.41, 5.74) is 1.00. The molecule has 1 aromatic rings. The molecule has 2 rings (SSSR count). The van der Waals surface area contributed by atoms with Gasteiger partial charge >= 0.3 is 6.03 Å². The number of urea groups is 1. The van der Waals surface area contributed by atoms with Crippen LogP contribution >= 0.6 is 0 Å². The number of carbonyl (C=O) groups is 1. The van der Waals surface area contributed by atoms with Crippen LogP contribution in [0.25, 0.3) is 0 Å². The highest BCUT2D eigenvalue weighted by Gasteiger charge is 2.25. The number of aliphatic hydroxyl groups excluding tert-OH is 1. The molecule has 1 aliphatic heterocycles. The number of phenolic OH excluding ortho intramolecular Hbond substituents is 1. The first-order chi connectivity index (χ1) is 10.1. The van der Waals surface area contributed by atoms with Gasteiger partial charge in [0.25, 0.3) is 0 Å². The lowest BCUT2D eigenvalue weighted by atomic mass is 9.92. The molecule has 0 bridgehead atoms. The molecule has 5 heteroatoms. The first kappa shape index (κ1) is 15.6. The number of benzene rings is 1. The number of likely N-dealkylation sites (tertiary alicyclic amines) is 1. The topological polar surface area (TPSA) is 72.8 Å². The van der Waals surface area contributed by atoms with Gasteiger partial charge in [-0.05, 0) is 49.8 Å². The van der Waals surface area contributed by atoms with Crippen molar-refractivity contribution in [1.82, 2.24) is 10.2 Å². The molecule has 1 fully saturated rings. The van der Waals surface area contributed by atoms with Crippen molar-refractivity contribution < 1.29 is 15.0 Å². The molecule has 3 N–H and O–H groups in total. The van der Waals surface area contributed by atoms with Crippen molar-refractivity contribution in [1.29, 1.82) is 0 Å². The zero-order valence-corrected chi connectivity index (χ0v) is 12.5. The summed E-state index contributed by atoms with van der Waals surface area (Å²) in [6.07, 6.45) is 2.13. The lowest BCUT2D eigenvalue weighted by molar-refractivity contribution is 0.0799. The summed E-state index contributed by atoms with van der Waals surface area (Å²) in [7, 11) is 0. The minimum absolute atomic E-state index is 0.0424. The van der Waals surface area contributed by atoms with E-state index in [2.05, 4.69) is 5.32 Å². The molecule has 1 aliphatic rings. The highest BCUT2D eigenvalue weighted by atomic mass is 16.3. The quantitative estimate of drug-likeness (QED) is 0.791. The van der Waals surface area contributed by atoms with Gasteiger partial charge in [0.1, 0.15) is 5.75 Å². The summed E-state index contributed by atoms with van der Waals surface area (Å²) in [6.45, 7) is 3.77. The predicted octanol–water partition coefficient (Wildman–Crippen LogP) is 1.74. The fourth-order valence-corrected chi connectivity index (χ4v) is 2.72. The lowest BCUT2D eigenvalue weighted by Gasteiger charge is -2.33. The van der Waals surface area contributed by atoms with Crippen LogP contribution in [0, 0.1) is 5.92 Å². The Balaban J connectivity index is 1.71. The van der Waals surface area contributed by atoms with Crippen molar-refractivity contribution in [3.05, 3.63) is 29.8 Å². The summed E-state index contributed by atoms with van der Waals surface area (Å²) in [4.78, 5) is 13.8. The highest BCUT2D eigenvalue weighted by Crippen LogP contribution is 2.20. The highest BCUT2D eigenvalue weighted by molar-refractivity contribution is 5.74. The van der Waals surface area contributed by atoms with Crippen LogP contribution in [-0.2, 0) is 6.42 Å². The van der Waals surface area contributed by atoms with Gasteiger partial charge in [-0.15, -0.1) is 0 Å². The third kappa shape index (κ3) is 4.63. The van der Waals surface area contributed by atoms with Crippen LogP contribution in [0.4, 0.5) is 4.79 Å². The second-order valence-electron chi connectivity index (χ2n) is 5.72. The normalized spacial score (nSPS) is 17.5. The van der Waals surface area contributed by atoms with Gasteiger partial charge in [0.2, 0.25) is 0 Å². The van der Waals surface area contributed by atoms with E-state index in [9.17, 15) is 15.0 Å². The molecule has 1 atom stereocenters. The zero-order valence-electron chi connectivity index (χ0n) is 12.5. The van der Waals surface area contributed by atoms with E-state index in [0.29, 0.717) is 32.0 Å². The molecule has 1 unspecified atom stereocenters. The summed E-state index contributed by atoms with van der Waals surface area (Å²) >= 11 is 0. The van der Waals surface area contributed by atoms with E-state index < -0.39 is 0 Å². The number of piperidine rings is 1. The second-order valence-corrected chi connectivity index (χ2v) is 5.72. The first-order valence-electron chi connectivity index (χ1n) is 7.55. The molecular formula is C16H24N2O3. The van der Waals surface area contributed by atoms with Crippen molar-refractivity contribution in [3.8, 4) is 5.75 Å². The Bertz CT molecular complexity index is 468. The average molecular weight is 292 g/mol. The van der Waals surface area contributed by atoms with Gasteiger partial charge in [-0.2, -0.15) is 0 Å². The van der Waals surface area contributed by atoms with Crippen molar-refractivity contribution in [2.24, 2.45) is 5.92 Å².